The number of nitrogens with one attached hydrogen (secondary N) is 1. The lowest BCUT2D eigenvalue weighted by Crippen LogP contribution is -2.69. The number of aromatic nitrogens is 2. The number of ether oxygens (including phenoxy) is 2. The van der Waals surface area contributed by atoms with Gasteiger partial charge in [0.2, 0.25) is 11.8 Å². The Morgan fingerprint density at radius 3 is 3.32 bits per heavy atom. The predicted molar refractivity (Wildman–Crippen MR) is 71.1 cm³/mol. The average molecular weight is 264 g/mol. The van der Waals surface area contributed by atoms with Crippen LogP contribution >= 0.6 is 0 Å². The summed E-state index contributed by atoms with van der Waals surface area (Å²) in [7, 11) is 0. The Bertz CT molecular complexity index is 442. The lowest BCUT2D eigenvalue weighted by atomic mass is 9.69. The first kappa shape index (κ1) is 12.6. The van der Waals surface area contributed by atoms with Gasteiger partial charge in [-0.3, -0.25) is 0 Å². The normalized spacial score (nSPS) is 33.2. The molecule has 1 aliphatic heterocycles. The molecule has 1 aromatic rings. The highest BCUT2D eigenvalue weighted by atomic mass is 16.5. The maximum atomic E-state index is 6.19. The average Bonchev–Trinajstić information content (AvgIpc) is 2.45. The van der Waals surface area contributed by atoms with Crippen molar-refractivity contribution in [1.29, 1.82) is 0 Å². The molecule has 2 fully saturated rings. The first-order valence-electron chi connectivity index (χ1n) is 6.89. The van der Waals surface area contributed by atoms with Gasteiger partial charge >= 0.3 is 0 Å². The molecule has 0 radical (unpaired) electrons. The summed E-state index contributed by atoms with van der Waals surface area (Å²) in [5.41, 5.74) is 6.19. The summed E-state index contributed by atoms with van der Waals surface area (Å²) >= 11 is 0. The van der Waals surface area contributed by atoms with Crippen molar-refractivity contribution < 1.29 is 9.47 Å². The Morgan fingerprint density at radius 1 is 1.58 bits per heavy atom. The highest BCUT2D eigenvalue weighted by Crippen LogP contribution is 2.38. The Labute approximate surface area is 112 Å². The topological polar surface area (TPSA) is 82.3 Å². The lowest BCUT2D eigenvalue weighted by molar-refractivity contribution is -0.104. The fourth-order valence-electron chi connectivity index (χ4n) is 2.92. The van der Waals surface area contributed by atoms with Crippen molar-refractivity contribution in [3.05, 3.63) is 12.3 Å². The van der Waals surface area contributed by atoms with Crippen LogP contribution in [0.5, 0.6) is 5.88 Å². The number of nitrogens with two attached hydrogens (primary N) is 1. The van der Waals surface area contributed by atoms with E-state index in [2.05, 4.69) is 15.3 Å². The first-order chi connectivity index (χ1) is 9.29. The van der Waals surface area contributed by atoms with Gasteiger partial charge in [0.1, 0.15) is 0 Å². The SMILES string of the molecule is CCOc1ccnc(NC2C(N)C3CCCOC32)n1. The molecule has 0 spiro atoms. The summed E-state index contributed by atoms with van der Waals surface area (Å²) in [5.74, 6) is 1.61. The maximum absolute atomic E-state index is 6.19. The standard InChI is InChI=1S/C13H20N4O2/c1-2-18-9-5-6-15-13(16-9)17-11-10(14)8-4-3-7-19-12(8)11/h5-6,8,10-12H,2-4,7,14H2,1H3,(H,15,16,17). The van der Waals surface area contributed by atoms with Gasteiger partial charge in [0.25, 0.3) is 0 Å². The molecule has 104 valence electrons. The van der Waals surface area contributed by atoms with Crippen molar-refractivity contribution in [2.75, 3.05) is 18.5 Å². The van der Waals surface area contributed by atoms with Crippen LogP contribution in [0.1, 0.15) is 19.8 Å². The largest absolute Gasteiger partial charge is 0.478 e. The van der Waals surface area contributed by atoms with E-state index in [0.717, 1.165) is 19.4 Å². The molecular formula is C13H20N4O2. The molecular weight excluding hydrogens is 244 g/mol. The third kappa shape index (κ3) is 2.37. The monoisotopic (exact) mass is 264 g/mol. The molecule has 4 atom stereocenters. The molecule has 2 heterocycles. The predicted octanol–water partition coefficient (Wildman–Crippen LogP) is 0.792. The van der Waals surface area contributed by atoms with Gasteiger partial charge in [-0.1, -0.05) is 0 Å². The van der Waals surface area contributed by atoms with E-state index in [1.54, 1.807) is 12.3 Å². The summed E-state index contributed by atoms with van der Waals surface area (Å²) in [6, 6.07) is 1.96. The van der Waals surface area contributed by atoms with Gasteiger partial charge in [-0.15, -0.1) is 0 Å². The van der Waals surface area contributed by atoms with Gasteiger partial charge in [-0.2, -0.15) is 4.98 Å². The second kappa shape index (κ2) is 5.30. The smallest absolute Gasteiger partial charge is 0.226 e. The van der Waals surface area contributed by atoms with Crippen LogP contribution in [-0.4, -0.2) is 41.4 Å². The Hall–Kier alpha value is -1.40. The lowest BCUT2D eigenvalue weighted by Gasteiger charge is -2.52. The van der Waals surface area contributed by atoms with Gasteiger partial charge in [-0.25, -0.2) is 4.98 Å². The molecule has 1 aliphatic carbocycles. The van der Waals surface area contributed by atoms with Crippen molar-refractivity contribution in [2.24, 2.45) is 11.7 Å². The molecule has 19 heavy (non-hydrogen) atoms. The number of hydrogen-bond donors (Lipinski definition) is 2. The van der Waals surface area contributed by atoms with Crippen LogP contribution in [0.15, 0.2) is 12.3 Å². The first-order valence-corrected chi connectivity index (χ1v) is 6.89. The summed E-state index contributed by atoms with van der Waals surface area (Å²) in [6.07, 6.45) is 4.15. The van der Waals surface area contributed by atoms with Gasteiger partial charge in [0, 0.05) is 30.8 Å². The van der Waals surface area contributed by atoms with E-state index in [-0.39, 0.29) is 18.2 Å². The van der Waals surface area contributed by atoms with Crippen LogP contribution < -0.4 is 15.8 Å². The number of hydrogen-bond acceptors (Lipinski definition) is 6. The highest BCUT2D eigenvalue weighted by Gasteiger charge is 2.50. The van der Waals surface area contributed by atoms with Gasteiger partial charge in [0.15, 0.2) is 0 Å². The summed E-state index contributed by atoms with van der Waals surface area (Å²) in [6.45, 7) is 3.34. The fourth-order valence-corrected chi connectivity index (χ4v) is 2.92. The second-order valence-electron chi connectivity index (χ2n) is 5.04. The molecule has 1 aromatic heterocycles. The van der Waals surface area contributed by atoms with Crippen LogP contribution in [0.4, 0.5) is 5.95 Å². The molecule has 0 bridgehead atoms. The third-order valence-corrected chi connectivity index (χ3v) is 3.90. The van der Waals surface area contributed by atoms with E-state index >= 15 is 0 Å². The quantitative estimate of drug-likeness (QED) is 0.836. The molecule has 3 rings (SSSR count). The minimum Gasteiger partial charge on any atom is -0.478 e. The zero-order chi connectivity index (χ0) is 13.2. The number of rotatable bonds is 4. The Morgan fingerprint density at radius 2 is 2.47 bits per heavy atom. The minimum atomic E-state index is 0.0992. The van der Waals surface area contributed by atoms with Gasteiger partial charge < -0.3 is 20.5 Å². The molecule has 2 aliphatic rings. The zero-order valence-corrected chi connectivity index (χ0v) is 11.1. The highest BCUT2D eigenvalue weighted by molar-refractivity contribution is 5.33. The van der Waals surface area contributed by atoms with Gasteiger partial charge in [-0.05, 0) is 19.8 Å². The molecule has 0 aromatic carbocycles. The second-order valence-corrected chi connectivity index (χ2v) is 5.04. The van der Waals surface area contributed by atoms with Gasteiger partial charge in [0.05, 0.1) is 18.8 Å². The van der Waals surface area contributed by atoms with E-state index in [4.69, 9.17) is 15.2 Å². The van der Waals surface area contributed by atoms with Crippen LogP contribution in [-0.2, 0) is 4.74 Å². The summed E-state index contributed by atoms with van der Waals surface area (Å²) < 4.78 is 11.1. The van der Waals surface area contributed by atoms with Crippen LogP contribution in [0.2, 0.25) is 0 Å². The van der Waals surface area contributed by atoms with E-state index in [1.807, 2.05) is 6.92 Å². The zero-order valence-electron chi connectivity index (χ0n) is 11.1. The van der Waals surface area contributed by atoms with E-state index in [9.17, 15) is 0 Å². The molecule has 4 unspecified atom stereocenters. The van der Waals surface area contributed by atoms with Crippen molar-refractivity contribution in [2.45, 2.75) is 38.0 Å². The maximum Gasteiger partial charge on any atom is 0.226 e. The Kier molecular flexibility index (Phi) is 3.52. The van der Waals surface area contributed by atoms with Crippen LogP contribution in [0.3, 0.4) is 0 Å². The van der Waals surface area contributed by atoms with Crippen molar-refractivity contribution in [1.82, 2.24) is 9.97 Å². The summed E-state index contributed by atoms with van der Waals surface area (Å²) in [4.78, 5) is 8.50. The fraction of sp³-hybridized carbons (Fsp3) is 0.692. The molecule has 6 heteroatoms. The van der Waals surface area contributed by atoms with E-state index in [1.165, 1.54) is 0 Å². The number of fused-ring (bicyclic) bond motifs is 1. The van der Waals surface area contributed by atoms with Crippen molar-refractivity contribution >= 4 is 5.95 Å². The molecule has 6 nitrogen and oxygen atoms in total. The number of nitrogens with zero attached hydrogens (tertiary/aromatic N) is 2. The summed E-state index contributed by atoms with van der Waals surface area (Å²) in [5, 5.41) is 3.27. The van der Waals surface area contributed by atoms with Crippen LogP contribution in [0.25, 0.3) is 0 Å². The van der Waals surface area contributed by atoms with Crippen molar-refractivity contribution in [3.63, 3.8) is 0 Å². The van der Waals surface area contributed by atoms with Crippen molar-refractivity contribution in [3.8, 4) is 5.88 Å². The third-order valence-electron chi connectivity index (χ3n) is 3.90. The van der Waals surface area contributed by atoms with E-state index in [0.29, 0.717) is 24.4 Å². The van der Waals surface area contributed by atoms with Crippen LogP contribution in [0, 0.1) is 5.92 Å². The van der Waals surface area contributed by atoms with E-state index < -0.39 is 0 Å². The molecule has 3 N–H and O–H groups in total. The number of anilines is 1. The molecule has 1 saturated heterocycles. The molecule has 0 amide bonds. The Balaban J connectivity index is 1.66. The minimum absolute atomic E-state index is 0.0992. The molecule has 1 saturated carbocycles.